The number of carbonyl (C=O) groups is 1. The summed E-state index contributed by atoms with van der Waals surface area (Å²) in [7, 11) is 3.50. The molecule has 1 saturated heterocycles. The summed E-state index contributed by atoms with van der Waals surface area (Å²) in [6.45, 7) is 2.64. The van der Waals surface area contributed by atoms with Gasteiger partial charge in [0.1, 0.15) is 6.61 Å². The molecule has 6 nitrogen and oxygen atoms in total. The normalized spacial score (nSPS) is 16.8. The number of likely N-dealkylation sites (tertiary alicyclic amines) is 1. The van der Waals surface area contributed by atoms with Crippen LogP contribution in [0, 0.1) is 0 Å². The average molecular weight is 266 g/mol. The maximum atomic E-state index is 11.7. The Labute approximate surface area is 113 Å². The van der Waals surface area contributed by atoms with Crippen molar-refractivity contribution in [1.82, 2.24) is 20.0 Å². The van der Waals surface area contributed by atoms with E-state index in [0.29, 0.717) is 6.04 Å². The number of ether oxygens (including phenoxy) is 1. The van der Waals surface area contributed by atoms with Gasteiger partial charge >= 0.3 is 0 Å². The van der Waals surface area contributed by atoms with Gasteiger partial charge in [-0.15, -0.1) is 0 Å². The smallest absolute Gasteiger partial charge is 0.248 e. The van der Waals surface area contributed by atoms with E-state index in [1.807, 2.05) is 28.9 Å². The van der Waals surface area contributed by atoms with Gasteiger partial charge in [0.25, 0.3) is 0 Å². The highest BCUT2D eigenvalue weighted by Crippen LogP contribution is 2.11. The van der Waals surface area contributed by atoms with Gasteiger partial charge in [-0.1, -0.05) is 0 Å². The summed E-state index contributed by atoms with van der Waals surface area (Å²) in [4.78, 5) is 13.5. The number of nitrogens with zero attached hydrogens (tertiary/aromatic N) is 3. The van der Waals surface area contributed by atoms with Crippen LogP contribution in [0.2, 0.25) is 0 Å². The number of nitrogens with one attached hydrogen (secondary N) is 1. The lowest BCUT2D eigenvalue weighted by Gasteiger charge is -2.32. The first-order chi connectivity index (χ1) is 9.20. The third kappa shape index (κ3) is 3.78. The maximum Gasteiger partial charge on any atom is 0.248 e. The van der Waals surface area contributed by atoms with Crippen molar-refractivity contribution in [2.75, 3.05) is 26.8 Å². The maximum absolute atomic E-state index is 11.7. The highest BCUT2D eigenvalue weighted by molar-refractivity contribution is 5.77. The van der Waals surface area contributed by atoms with E-state index >= 15 is 0 Å². The predicted molar refractivity (Wildman–Crippen MR) is 71.5 cm³/mol. The van der Waals surface area contributed by atoms with Crippen LogP contribution < -0.4 is 5.32 Å². The number of aromatic nitrogens is 2. The van der Waals surface area contributed by atoms with Crippen molar-refractivity contribution >= 4 is 5.91 Å². The lowest BCUT2D eigenvalue weighted by Crippen LogP contribution is -2.45. The first kappa shape index (κ1) is 14.0. The van der Waals surface area contributed by atoms with Crippen molar-refractivity contribution in [3.63, 3.8) is 0 Å². The van der Waals surface area contributed by atoms with Crippen molar-refractivity contribution in [1.29, 1.82) is 0 Å². The van der Waals surface area contributed by atoms with Gasteiger partial charge in [0.15, 0.2) is 0 Å². The van der Waals surface area contributed by atoms with E-state index < -0.39 is 0 Å². The Morgan fingerprint density at radius 3 is 2.84 bits per heavy atom. The highest BCUT2D eigenvalue weighted by Gasteiger charge is 2.22. The summed E-state index contributed by atoms with van der Waals surface area (Å²) < 4.78 is 6.76. The van der Waals surface area contributed by atoms with Crippen molar-refractivity contribution in [2.45, 2.75) is 25.4 Å². The van der Waals surface area contributed by atoms with E-state index in [1.54, 1.807) is 7.11 Å². The number of hydrogen-bond donors (Lipinski definition) is 1. The summed E-state index contributed by atoms with van der Waals surface area (Å²) >= 11 is 0. The van der Waals surface area contributed by atoms with Gasteiger partial charge in [-0.25, -0.2) is 0 Å². The zero-order valence-electron chi connectivity index (χ0n) is 11.6. The Morgan fingerprint density at radius 2 is 2.26 bits per heavy atom. The first-order valence-electron chi connectivity index (χ1n) is 6.67. The Bertz CT molecular complexity index is 411. The van der Waals surface area contributed by atoms with Gasteiger partial charge in [0, 0.05) is 46.0 Å². The van der Waals surface area contributed by atoms with Gasteiger partial charge in [-0.3, -0.25) is 9.48 Å². The standard InChI is InChI=1S/C13H22N4O2/c1-16-12(3-6-15-16)9-14-11-4-7-17(8-5-11)13(18)10-19-2/h3,6,11,14H,4-5,7-10H2,1-2H3. The molecule has 0 saturated carbocycles. The SMILES string of the molecule is COCC(=O)N1CCC(NCc2ccnn2C)CC1. The van der Waals surface area contributed by atoms with Crippen LogP contribution in [0.1, 0.15) is 18.5 Å². The summed E-state index contributed by atoms with van der Waals surface area (Å²) in [6, 6.07) is 2.49. The molecule has 1 aliphatic rings. The average Bonchev–Trinajstić information content (AvgIpc) is 2.83. The quantitative estimate of drug-likeness (QED) is 0.824. The third-order valence-corrected chi connectivity index (χ3v) is 3.61. The second-order valence-corrected chi connectivity index (χ2v) is 4.92. The Kier molecular flexibility index (Phi) is 4.93. The molecule has 1 amide bonds. The molecular formula is C13H22N4O2. The molecule has 0 radical (unpaired) electrons. The minimum atomic E-state index is 0.0904. The number of carbonyl (C=O) groups excluding carboxylic acids is 1. The topological polar surface area (TPSA) is 59.4 Å². The molecule has 0 spiro atoms. The predicted octanol–water partition coefficient (Wildman–Crippen LogP) is 0.147. The molecule has 6 heteroatoms. The molecule has 0 atom stereocenters. The molecule has 106 valence electrons. The van der Waals surface area contributed by atoms with Crippen LogP contribution in [-0.4, -0.2) is 53.4 Å². The summed E-state index contributed by atoms with van der Waals surface area (Å²) in [5.41, 5.74) is 1.18. The molecule has 19 heavy (non-hydrogen) atoms. The van der Waals surface area contributed by atoms with E-state index in [-0.39, 0.29) is 12.5 Å². The van der Waals surface area contributed by atoms with Gasteiger partial charge in [0.05, 0.1) is 5.69 Å². The lowest BCUT2D eigenvalue weighted by atomic mass is 10.0. The highest BCUT2D eigenvalue weighted by atomic mass is 16.5. The van der Waals surface area contributed by atoms with Crippen LogP contribution >= 0.6 is 0 Å². The number of hydrogen-bond acceptors (Lipinski definition) is 4. The van der Waals surface area contributed by atoms with Crippen LogP contribution in [0.5, 0.6) is 0 Å². The molecule has 0 unspecified atom stereocenters. The van der Waals surface area contributed by atoms with Gasteiger partial charge in [-0.05, 0) is 18.9 Å². The molecule has 1 aliphatic heterocycles. The van der Waals surface area contributed by atoms with Crippen molar-refractivity contribution in [3.05, 3.63) is 18.0 Å². The molecule has 1 aromatic heterocycles. The summed E-state index contributed by atoms with van der Waals surface area (Å²) in [5.74, 6) is 0.0904. The minimum Gasteiger partial charge on any atom is -0.375 e. The lowest BCUT2D eigenvalue weighted by molar-refractivity contribution is -0.136. The number of methoxy groups -OCH3 is 1. The van der Waals surface area contributed by atoms with Crippen LogP contribution in [-0.2, 0) is 23.1 Å². The van der Waals surface area contributed by atoms with Crippen LogP contribution in [0.4, 0.5) is 0 Å². The second kappa shape index (κ2) is 6.68. The van der Waals surface area contributed by atoms with Crippen LogP contribution in [0.25, 0.3) is 0 Å². The number of aryl methyl sites for hydroxylation is 1. The van der Waals surface area contributed by atoms with E-state index in [9.17, 15) is 4.79 Å². The van der Waals surface area contributed by atoms with Crippen LogP contribution in [0.3, 0.4) is 0 Å². The molecular weight excluding hydrogens is 244 g/mol. The van der Waals surface area contributed by atoms with E-state index in [2.05, 4.69) is 10.4 Å². The summed E-state index contributed by atoms with van der Waals surface area (Å²) in [6.07, 6.45) is 3.80. The zero-order valence-corrected chi connectivity index (χ0v) is 11.6. The first-order valence-corrected chi connectivity index (χ1v) is 6.67. The van der Waals surface area contributed by atoms with E-state index in [0.717, 1.165) is 32.5 Å². The van der Waals surface area contributed by atoms with E-state index in [4.69, 9.17) is 4.74 Å². The molecule has 0 aromatic carbocycles. The molecule has 2 rings (SSSR count). The molecule has 2 heterocycles. The van der Waals surface area contributed by atoms with Gasteiger partial charge < -0.3 is 15.0 Å². The molecule has 1 aromatic rings. The molecule has 0 aliphatic carbocycles. The number of piperidine rings is 1. The van der Waals surface area contributed by atoms with Gasteiger partial charge in [-0.2, -0.15) is 5.10 Å². The minimum absolute atomic E-state index is 0.0904. The van der Waals surface area contributed by atoms with Crippen molar-refractivity contribution in [3.8, 4) is 0 Å². The summed E-state index contributed by atoms with van der Waals surface area (Å²) in [5, 5.41) is 7.67. The molecule has 1 fully saturated rings. The third-order valence-electron chi connectivity index (χ3n) is 3.61. The van der Waals surface area contributed by atoms with E-state index in [1.165, 1.54) is 5.69 Å². The Morgan fingerprint density at radius 1 is 1.53 bits per heavy atom. The van der Waals surface area contributed by atoms with Crippen molar-refractivity contribution < 1.29 is 9.53 Å². The monoisotopic (exact) mass is 266 g/mol. The number of amides is 1. The fourth-order valence-electron chi connectivity index (χ4n) is 2.37. The fourth-order valence-corrected chi connectivity index (χ4v) is 2.37. The van der Waals surface area contributed by atoms with Gasteiger partial charge in [0.2, 0.25) is 5.91 Å². The van der Waals surface area contributed by atoms with Crippen molar-refractivity contribution in [2.24, 2.45) is 7.05 Å². The second-order valence-electron chi connectivity index (χ2n) is 4.92. The van der Waals surface area contributed by atoms with Crippen LogP contribution in [0.15, 0.2) is 12.3 Å². The largest absolute Gasteiger partial charge is 0.375 e. The number of rotatable bonds is 5. The Balaban J connectivity index is 1.72. The fraction of sp³-hybridized carbons (Fsp3) is 0.692. The Hall–Kier alpha value is -1.40. The zero-order chi connectivity index (χ0) is 13.7. The molecule has 1 N–H and O–H groups in total. The molecule has 0 bridgehead atoms.